The summed E-state index contributed by atoms with van der Waals surface area (Å²) in [4.78, 5) is 0. The number of rotatable bonds is 5. The van der Waals surface area contributed by atoms with Gasteiger partial charge < -0.3 is 5.32 Å². The van der Waals surface area contributed by atoms with Crippen LogP contribution in [-0.4, -0.2) is 13.1 Å². The van der Waals surface area contributed by atoms with E-state index in [1.54, 1.807) is 11.1 Å². The molecule has 0 saturated carbocycles. The molecule has 1 aromatic rings. The van der Waals surface area contributed by atoms with Crippen molar-refractivity contribution in [3.05, 3.63) is 35.4 Å². The van der Waals surface area contributed by atoms with E-state index in [0.717, 1.165) is 24.9 Å². The smallest absolute Gasteiger partial charge is 0.00235 e. The van der Waals surface area contributed by atoms with Crippen molar-refractivity contribution < 1.29 is 0 Å². The minimum atomic E-state index is 0.769. The van der Waals surface area contributed by atoms with E-state index in [4.69, 9.17) is 0 Å². The second-order valence-electron chi connectivity index (χ2n) is 4.77. The highest BCUT2D eigenvalue weighted by Crippen LogP contribution is 2.33. The van der Waals surface area contributed by atoms with E-state index in [-0.39, 0.29) is 0 Å². The maximum absolute atomic E-state index is 3.58. The Morgan fingerprint density at radius 1 is 1.40 bits per heavy atom. The van der Waals surface area contributed by atoms with Gasteiger partial charge >= 0.3 is 0 Å². The zero-order chi connectivity index (χ0) is 10.7. The second-order valence-corrected chi connectivity index (χ2v) is 4.77. The molecule has 0 amide bonds. The summed E-state index contributed by atoms with van der Waals surface area (Å²) in [6, 6.07) is 8.82. The van der Waals surface area contributed by atoms with E-state index in [0.29, 0.717) is 0 Å². The SMILES string of the molecule is CCC(C)CNCC1Cc2ccccc21. The molecular formula is C14H21N. The fourth-order valence-electron chi connectivity index (χ4n) is 2.19. The zero-order valence-electron chi connectivity index (χ0n) is 9.79. The monoisotopic (exact) mass is 203 g/mol. The van der Waals surface area contributed by atoms with Crippen LogP contribution in [-0.2, 0) is 6.42 Å². The molecule has 0 spiro atoms. The minimum absolute atomic E-state index is 0.769. The van der Waals surface area contributed by atoms with Gasteiger partial charge in [-0.1, -0.05) is 44.5 Å². The van der Waals surface area contributed by atoms with Gasteiger partial charge in [-0.25, -0.2) is 0 Å². The van der Waals surface area contributed by atoms with Gasteiger partial charge in [0.1, 0.15) is 0 Å². The molecule has 2 unspecified atom stereocenters. The van der Waals surface area contributed by atoms with Crippen LogP contribution in [0.15, 0.2) is 24.3 Å². The van der Waals surface area contributed by atoms with E-state index in [1.807, 2.05) is 0 Å². The third-order valence-corrected chi connectivity index (χ3v) is 3.54. The predicted molar refractivity (Wildman–Crippen MR) is 65.2 cm³/mol. The lowest BCUT2D eigenvalue weighted by Gasteiger charge is -2.30. The van der Waals surface area contributed by atoms with Gasteiger partial charge in [0.05, 0.1) is 0 Å². The molecule has 0 bridgehead atoms. The Hall–Kier alpha value is -0.820. The van der Waals surface area contributed by atoms with Gasteiger partial charge in [0.25, 0.3) is 0 Å². The fourth-order valence-corrected chi connectivity index (χ4v) is 2.19. The number of fused-ring (bicyclic) bond motifs is 1. The molecule has 15 heavy (non-hydrogen) atoms. The zero-order valence-corrected chi connectivity index (χ0v) is 9.79. The van der Waals surface area contributed by atoms with Crippen LogP contribution in [0.3, 0.4) is 0 Å². The average molecular weight is 203 g/mol. The van der Waals surface area contributed by atoms with Crippen molar-refractivity contribution in [1.82, 2.24) is 5.32 Å². The summed E-state index contributed by atoms with van der Waals surface area (Å²) < 4.78 is 0. The Labute approximate surface area is 92.9 Å². The molecule has 0 heterocycles. The highest BCUT2D eigenvalue weighted by atomic mass is 14.9. The Bertz CT molecular complexity index is 319. The van der Waals surface area contributed by atoms with Crippen molar-refractivity contribution in [2.24, 2.45) is 5.92 Å². The molecule has 1 aromatic carbocycles. The maximum Gasteiger partial charge on any atom is 0.00235 e. The Balaban J connectivity index is 1.75. The first-order valence-electron chi connectivity index (χ1n) is 6.09. The molecule has 1 heteroatoms. The molecule has 82 valence electrons. The van der Waals surface area contributed by atoms with Gasteiger partial charge in [-0.15, -0.1) is 0 Å². The first-order valence-corrected chi connectivity index (χ1v) is 6.09. The van der Waals surface area contributed by atoms with Crippen molar-refractivity contribution >= 4 is 0 Å². The summed E-state index contributed by atoms with van der Waals surface area (Å²) in [5, 5.41) is 3.58. The lowest BCUT2D eigenvalue weighted by Crippen LogP contribution is -2.31. The molecule has 0 radical (unpaired) electrons. The third-order valence-electron chi connectivity index (χ3n) is 3.54. The molecule has 0 aliphatic heterocycles. The van der Waals surface area contributed by atoms with Gasteiger partial charge in [0.2, 0.25) is 0 Å². The summed E-state index contributed by atoms with van der Waals surface area (Å²) >= 11 is 0. The van der Waals surface area contributed by atoms with Crippen molar-refractivity contribution in [1.29, 1.82) is 0 Å². The van der Waals surface area contributed by atoms with Crippen LogP contribution < -0.4 is 5.32 Å². The lowest BCUT2D eigenvalue weighted by atomic mass is 9.77. The fraction of sp³-hybridized carbons (Fsp3) is 0.571. The minimum Gasteiger partial charge on any atom is -0.316 e. The number of hydrogen-bond donors (Lipinski definition) is 1. The summed E-state index contributed by atoms with van der Waals surface area (Å²) in [6.07, 6.45) is 2.54. The normalized spacial score (nSPS) is 20.5. The Morgan fingerprint density at radius 3 is 2.93 bits per heavy atom. The molecule has 1 aliphatic rings. The Kier molecular flexibility index (Phi) is 3.42. The van der Waals surface area contributed by atoms with Crippen LogP contribution in [0.2, 0.25) is 0 Å². The van der Waals surface area contributed by atoms with Crippen LogP contribution in [0, 0.1) is 5.92 Å². The van der Waals surface area contributed by atoms with Gasteiger partial charge in [0, 0.05) is 12.5 Å². The van der Waals surface area contributed by atoms with Crippen molar-refractivity contribution in [2.45, 2.75) is 32.6 Å². The van der Waals surface area contributed by atoms with Gasteiger partial charge in [0.15, 0.2) is 0 Å². The largest absolute Gasteiger partial charge is 0.316 e. The first kappa shape index (κ1) is 10.7. The van der Waals surface area contributed by atoms with Crippen LogP contribution >= 0.6 is 0 Å². The van der Waals surface area contributed by atoms with Crippen LogP contribution in [0.4, 0.5) is 0 Å². The summed E-state index contributed by atoms with van der Waals surface area (Å²) in [7, 11) is 0. The van der Waals surface area contributed by atoms with Crippen LogP contribution in [0.1, 0.15) is 37.3 Å². The van der Waals surface area contributed by atoms with E-state index in [9.17, 15) is 0 Å². The maximum atomic E-state index is 3.58. The van der Waals surface area contributed by atoms with Gasteiger partial charge in [-0.2, -0.15) is 0 Å². The quantitative estimate of drug-likeness (QED) is 0.776. The van der Waals surface area contributed by atoms with Crippen molar-refractivity contribution in [3.8, 4) is 0 Å². The van der Waals surface area contributed by atoms with E-state index < -0.39 is 0 Å². The van der Waals surface area contributed by atoms with E-state index in [2.05, 4.69) is 43.4 Å². The molecule has 1 N–H and O–H groups in total. The topological polar surface area (TPSA) is 12.0 Å². The molecule has 1 nitrogen and oxygen atoms in total. The average Bonchev–Trinajstić information content (AvgIpc) is 2.24. The molecule has 2 rings (SSSR count). The Morgan fingerprint density at radius 2 is 2.20 bits per heavy atom. The number of hydrogen-bond acceptors (Lipinski definition) is 1. The van der Waals surface area contributed by atoms with Crippen LogP contribution in [0.5, 0.6) is 0 Å². The number of nitrogens with one attached hydrogen (secondary N) is 1. The number of benzene rings is 1. The molecule has 1 aliphatic carbocycles. The summed E-state index contributed by atoms with van der Waals surface area (Å²) in [5.41, 5.74) is 3.11. The van der Waals surface area contributed by atoms with Crippen molar-refractivity contribution in [2.75, 3.05) is 13.1 Å². The van der Waals surface area contributed by atoms with E-state index in [1.165, 1.54) is 12.8 Å². The lowest BCUT2D eigenvalue weighted by molar-refractivity contribution is 0.463. The summed E-state index contributed by atoms with van der Waals surface area (Å²) in [6.45, 7) is 6.88. The summed E-state index contributed by atoms with van der Waals surface area (Å²) in [5.74, 6) is 1.57. The standard InChI is InChI=1S/C14H21N/c1-3-11(2)9-15-10-13-8-12-6-4-5-7-14(12)13/h4-7,11,13,15H,3,8-10H2,1-2H3. The van der Waals surface area contributed by atoms with Gasteiger partial charge in [-0.3, -0.25) is 0 Å². The highest BCUT2D eigenvalue weighted by Gasteiger charge is 2.24. The molecule has 2 atom stereocenters. The van der Waals surface area contributed by atoms with Crippen LogP contribution in [0.25, 0.3) is 0 Å². The first-order chi connectivity index (χ1) is 7.31. The second kappa shape index (κ2) is 4.80. The van der Waals surface area contributed by atoms with E-state index >= 15 is 0 Å². The van der Waals surface area contributed by atoms with Crippen molar-refractivity contribution in [3.63, 3.8) is 0 Å². The third kappa shape index (κ3) is 2.40. The highest BCUT2D eigenvalue weighted by molar-refractivity contribution is 5.40. The molecule has 0 aromatic heterocycles. The molecule has 0 saturated heterocycles. The molecule has 0 fully saturated rings. The predicted octanol–water partition coefficient (Wildman–Crippen LogP) is 2.96. The van der Waals surface area contributed by atoms with Gasteiger partial charge in [-0.05, 0) is 30.0 Å². The molecular weight excluding hydrogens is 182 g/mol.